The molecule has 2 unspecified atom stereocenters. The Labute approximate surface area is 144 Å². The average Bonchev–Trinajstić information content (AvgIpc) is 2.55. The van der Waals surface area contributed by atoms with Crippen LogP contribution in [0.3, 0.4) is 0 Å². The SMILES string of the molecule is CC(NC(=O)C1(CN)CCOCC1)C(=O)N1CCCCC1C.Cl. The molecule has 0 bridgehead atoms. The molecule has 2 aliphatic heterocycles. The lowest BCUT2D eigenvalue weighted by atomic mass is 9.79. The van der Waals surface area contributed by atoms with Crippen LogP contribution in [0.5, 0.6) is 0 Å². The molecule has 2 amide bonds. The fourth-order valence-electron chi connectivity index (χ4n) is 3.37. The first kappa shape index (κ1) is 20.2. The summed E-state index contributed by atoms with van der Waals surface area (Å²) in [6.45, 7) is 6.03. The summed E-state index contributed by atoms with van der Waals surface area (Å²) in [7, 11) is 0. The summed E-state index contributed by atoms with van der Waals surface area (Å²) in [5.41, 5.74) is 5.26. The van der Waals surface area contributed by atoms with Crippen LogP contribution in [-0.4, -0.2) is 55.1 Å². The van der Waals surface area contributed by atoms with E-state index in [2.05, 4.69) is 12.2 Å². The molecule has 134 valence electrons. The molecule has 2 rings (SSSR count). The lowest BCUT2D eigenvalue weighted by Crippen LogP contribution is -2.56. The molecule has 7 heteroatoms. The number of carbonyl (C=O) groups is 2. The Morgan fingerprint density at radius 2 is 2.00 bits per heavy atom. The van der Waals surface area contributed by atoms with E-state index in [1.165, 1.54) is 6.42 Å². The summed E-state index contributed by atoms with van der Waals surface area (Å²) in [6, 6.07) is -0.244. The van der Waals surface area contributed by atoms with E-state index < -0.39 is 11.5 Å². The van der Waals surface area contributed by atoms with Crippen molar-refractivity contribution in [1.82, 2.24) is 10.2 Å². The van der Waals surface area contributed by atoms with Gasteiger partial charge < -0.3 is 20.7 Å². The number of hydrogen-bond donors (Lipinski definition) is 2. The van der Waals surface area contributed by atoms with E-state index >= 15 is 0 Å². The second kappa shape index (κ2) is 8.85. The molecule has 3 N–H and O–H groups in total. The molecular formula is C16H30ClN3O3. The van der Waals surface area contributed by atoms with Gasteiger partial charge in [-0.1, -0.05) is 0 Å². The number of piperidine rings is 1. The van der Waals surface area contributed by atoms with Gasteiger partial charge in [0.2, 0.25) is 11.8 Å². The number of hydrogen-bond acceptors (Lipinski definition) is 4. The number of nitrogens with two attached hydrogens (primary N) is 1. The van der Waals surface area contributed by atoms with Crippen LogP contribution in [0.25, 0.3) is 0 Å². The summed E-state index contributed by atoms with van der Waals surface area (Å²) >= 11 is 0. The second-order valence-electron chi connectivity index (χ2n) is 6.67. The van der Waals surface area contributed by atoms with E-state index in [0.717, 1.165) is 19.4 Å². The fraction of sp³-hybridized carbons (Fsp3) is 0.875. The molecule has 0 radical (unpaired) electrons. The largest absolute Gasteiger partial charge is 0.381 e. The molecule has 2 atom stereocenters. The quantitative estimate of drug-likeness (QED) is 0.796. The molecule has 0 aromatic rings. The van der Waals surface area contributed by atoms with Crippen molar-refractivity contribution < 1.29 is 14.3 Å². The van der Waals surface area contributed by atoms with E-state index in [4.69, 9.17) is 10.5 Å². The fourth-order valence-corrected chi connectivity index (χ4v) is 3.37. The Balaban J connectivity index is 0.00000264. The molecular weight excluding hydrogens is 318 g/mol. The van der Waals surface area contributed by atoms with Crippen LogP contribution in [0.15, 0.2) is 0 Å². The van der Waals surface area contributed by atoms with E-state index in [9.17, 15) is 9.59 Å². The molecule has 0 aromatic carbocycles. The third kappa shape index (κ3) is 4.58. The third-order valence-corrected chi connectivity index (χ3v) is 5.13. The lowest BCUT2D eigenvalue weighted by Gasteiger charge is -2.38. The molecule has 2 fully saturated rings. The summed E-state index contributed by atoms with van der Waals surface area (Å²) in [6.07, 6.45) is 4.49. The van der Waals surface area contributed by atoms with Gasteiger partial charge >= 0.3 is 0 Å². The highest BCUT2D eigenvalue weighted by Crippen LogP contribution is 2.29. The molecule has 0 aromatic heterocycles. The average molecular weight is 348 g/mol. The number of rotatable bonds is 4. The van der Waals surface area contributed by atoms with E-state index in [1.807, 2.05) is 4.90 Å². The summed E-state index contributed by atoms with van der Waals surface area (Å²) in [4.78, 5) is 27.1. The van der Waals surface area contributed by atoms with Crippen molar-refractivity contribution in [1.29, 1.82) is 0 Å². The van der Waals surface area contributed by atoms with Crippen molar-refractivity contribution in [3.63, 3.8) is 0 Å². The zero-order valence-electron chi connectivity index (χ0n) is 14.2. The molecule has 2 saturated heterocycles. The predicted octanol–water partition coefficient (Wildman–Crippen LogP) is 1.07. The standard InChI is InChI=1S/C16H29N3O3.ClH/c1-12-5-3-4-8-19(12)14(20)13(2)18-15(21)16(11-17)6-9-22-10-7-16;/h12-13H,3-11,17H2,1-2H3,(H,18,21);1H. The van der Waals surface area contributed by atoms with Crippen molar-refractivity contribution in [2.24, 2.45) is 11.1 Å². The van der Waals surface area contributed by atoms with Gasteiger partial charge in [-0.25, -0.2) is 0 Å². The van der Waals surface area contributed by atoms with Crippen molar-refractivity contribution >= 4 is 24.2 Å². The number of carbonyl (C=O) groups excluding carboxylic acids is 2. The minimum atomic E-state index is -0.583. The first-order valence-electron chi connectivity index (χ1n) is 8.39. The lowest BCUT2D eigenvalue weighted by molar-refractivity contribution is -0.143. The minimum Gasteiger partial charge on any atom is -0.381 e. The number of ether oxygens (including phenoxy) is 1. The third-order valence-electron chi connectivity index (χ3n) is 5.13. The van der Waals surface area contributed by atoms with Gasteiger partial charge in [0.05, 0.1) is 5.41 Å². The summed E-state index contributed by atoms with van der Waals surface area (Å²) < 4.78 is 5.33. The van der Waals surface area contributed by atoms with E-state index in [-0.39, 0.29) is 30.3 Å². The Morgan fingerprint density at radius 1 is 1.35 bits per heavy atom. The van der Waals surface area contributed by atoms with Crippen LogP contribution >= 0.6 is 12.4 Å². The number of nitrogens with zero attached hydrogens (tertiary/aromatic N) is 1. The van der Waals surface area contributed by atoms with Gasteiger partial charge in [0.1, 0.15) is 6.04 Å². The normalized spacial score (nSPS) is 25.2. The Morgan fingerprint density at radius 3 is 2.57 bits per heavy atom. The van der Waals surface area contributed by atoms with E-state index in [1.54, 1.807) is 6.92 Å². The maximum Gasteiger partial charge on any atom is 0.245 e. The number of nitrogens with one attached hydrogen (secondary N) is 1. The predicted molar refractivity (Wildman–Crippen MR) is 91.4 cm³/mol. The summed E-state index contributed by atoms with van der Waals surface area (Å²) in [5, 5.41) is 2.89. The van der Waals surface area contributed by atoms with Crippen LogP contribution in [0.4, 0.5) is 0 Å². The van der Waals surface area contributed by atoms with Gasteiger partial charge in [0, 0.05) is 32.3 Å². The van der Waals surface area contributed by atoms with Gasteiger partial charge in [-0.2, -0.15) is 0 Å². The maximum absolute atomic E-state index is 12.6. The van der Waals surface area contributed by atoms with Crippen LogP contribution in [0, 0.1) is 5.41 Å². The second-order valence-corrected chi connectivity index (χ2v) is 6.67. The number of likely N-dealkylation sites (tertiary alicyclic amines) is 1. The first-order chi connectivity index (χ1) is 10.5. The van der Waals surface area contributed by atoms with Crippen molar-refractivity contribution in [2.45, 2.75) is 58.0 Å². The maximum atomic E-state index is 12.6. The van der Waals surface area contributed by atoms with Crippen molar-refractivity contribution in [2.75, 3.05) is 26.3 Å². The number of amides is 2. The molecule has 0 spiro atoms. The van der Waals surface area contributed by atoms with Gasteiger partial charge in [0.15, 0.2) is 0 Å². The molecule has 0 aliphatic carbocycles. The van der Waals surface area contributed by atoms with Crippen LogP contribution in [-0.2, 0) is 14.3 Å². The molecule has 2 heterocycles. The minimum absolute atomic E-state index is 0. The molecule has 23 heavy (non-hydrogen) atoms. The van der Waals surface area contributed by atoms with Gasteiger partial charge in [-0.15, -0.1) is 12.4 Å². The van der Waals surface area contributed by atoms with Crippen LogP contribution in [0.2, 0.25) is 0 Å². The monoisotopic (exact) mass is 347 g/mol. The van der Waals surface area contributed by atoms with Crippen LogP contribution in [0.1, 0.15) is 46.0 Å². The zero-order chi connectivity index (χ0) is 16.2. The highest BCUT2D eigenvalue weighted by Gasteiger charge is 2.40. The van der Waals surface area contributed by atoms with Crippen molar-refractivity contribution in [3.8, 4) is 0 Å². The topological polar surface area (TPSA) is 84.7 Å². The van der Waals surface area contributed by atoms with Gasteiger partial charge in [-0.05, 0) is 46.0 Å². The highest BCUT2D eigenvalue weighted by molar-refractivity contribution is 5.90. The Kier molecular flexibility index (Phi) is 7.77. The smallest absolute Gasteiger partial charge is 0.245 e. The highest BCUT2D eigenvalue weighted by atomic mass is 35.5. The Bertz CT molecular complexity index is 413. The first-order valence-corrected chi connectivity index (χ1v) is 8.39. The van der Waals surface area contributed by atoms with Gasteiger partial charge in [0.25, 0.3) is 0 Å². The molecule has 6 nitrogen and oxygen atoms in total. The Hall–Kier alpha value is -0.850. The molecule has 2 aliphatic rings. The molecule has 0 saturated carbocycles. The van der Waals surface area contributed by atoms with Gasteiger partial charge in [-0.3, -0.25) is 9.59 Å². The zero-order valence-corrected chi connectivity index (χ0v) is 15.0. The van der Waals surface area contributed by atoms with Crippen molar-refractivity contribution in [3.05, 3.63) is 0 Å². The number of halogens is 1. The van der Waals surface area contributed by atoms with E-state index in [0.29, 0.717) is 32.6 Å². The van der Waals surface area contributed by atoms with Crippen LogP contribution < -0.4 is 11.1 Å². The summed E-state index contributed by atoms with van der Waals surface area (Å²) in [5.74, 6) is -0.0939.